The summed E-state index contributed by atoms with van der Waals surface area (Å²) in [5, 5.41) is 2.75. The molecule has 0 aromatic heterocycles. The smallest absolute Gasteiger partial charge is 0.241 e. The first-order valence-corrected chi connectivity index (χ1v) is 7.83. The van der Waals surface area contributed by atoms with E-state index in [2.05, 4.69) is 12.2 Å². The lowest BCUT2D eigenvalue weighted by atomic mass is 10.2. The molecule has 0 bridgehead atoms. The van der Waals surface area contributed by atoms with E-state index >= 15 is 0 Å². The summed E-state index contributed by atoms with van der Waals surface area (Å²) in [5.41, 5.74) is 6.01. The maximum absolute atomic E-state index is 13.1. The van der Waals surface area contributed by atoms with Crippen molar-refractivity contribution in [1.29, 1.82) is 0 Å². The molecule has 112 valence electrons. The van der Waals surface area contributed by atoms with Crippen LogP contribution in [0.2, 0.25) is 0 Å². The van der Waals surface area contributed by atoms with Gasteiger partial charge in [0, 0.05) is 17.5 Å². The molecular weight excluding hydrogens is 277 g/mol. The maximum Gasteiger partial charge on any atom is 0.241 e. The molecular formula is C14H22FN3OS. The zero-order valence-electron chi connectivity index (χ0n) is 12.3. The van der Waals surface area contributed by atoms with E-state index in [1.54, 1.807) is 11.8 Å². The molecule has 1 aromatic carbocycles. The normalized spacial score (nSPS) is 14.1. The van der Waals surface area contributed by atoms with Crippen molar-refractivity contribution < 1.29 is 9.18 Å². The minimum atomic E-state index is -0.484. The number of amides is 1. The average molecular weight is 299 g/mol. The fourth-order valence-electron chi connectivity index (χ4n) is 1.79. The van der Waals surface area contributed by atoms with Crippen LogP contribution < -0.4 is 11.1 Å². The summed E-state index contributed by atoms with van der Waals surface area (Å²) in [6.45, 7) is 3.93. The first-order chi connectivity index (χ1) is 9.36. The quantitative estimate of drug-likeness (QED) is 0.792. The molecule has 6 heteroatoms. The van der Waals surface area contributed by atoms with Crippen LogP contribution >= 0.6 is 11.8 Å². The minimum Gasteiger partial charge on any atom is -0.396 e. The number of nitrogens with one attached hydrogen (secondary N) is 1. The largest absolute Gasteiger partial charge is 0.396 e. The van der Waals surface area contributed by atoms with E-state index in [1.165, 1.54) is 18.2 Å². The first kappa shape index (κ1) is 16.8. The molecule has 0 spiro atoms. The van der Waals surface area contributed by atoms with Crippen LogP contribution in [-0.2, 0) is 4.79 Å². The van der Waals surface area contributed by atoms with Crippen molar-refractivity contribution in [2.75, 3.05) is 30.1 Å². The van der Waals surface area contributed by atoms with Gasteiger partial charge >= 0.3 is 0 Å². The molecule has 0 heterocycles. The van der Waals surface area contributed by atoms with Gasteiger partial charge in [0.05, 0.1) is 11.7 Å². The Morgan fingerprint density at radius 3 is 2.70 bits per heavy atom. The maximum atomic E-state index is 13.1. The van der Waals surface area contributed by atoms with Crippen molar-refractivity contribution in [2.45, 2.75) is 25.9 Å². The number of hydrogen-bond donors (Lipinski definition) is 2. The fourth-order valence-corrected chi connectivity index (χ4v) is 2.51. The average Bonchev–Trinajstić information content (AvgIpc) is 2.41. The van der Waals surface area contributed by atoms with Gasteiger partial charge in [-0.1, -0.05) is 0 Å². The van der Waals surface area contributed by atoms with Crippen LogP contribution in [0.25, 0.3) is 0 Å². The van der Waals surface area contributed by atoms with Crippen LogP contribution in [0.3, 0.4) is 0 Å². The topological polar surface area (TPSA) is 58.4 Å². The highest BCUT2D eigenvalue weighted by Crippen LogP contribution is 2.17. The van der Waals surface area contributed by atoms with Gasteiger partial charge in [-0.3, -0.25) is 9.69 Å². The van der Waals surface area contributed by atoms with Crippen molar-refractivity contribution in [2.24, 2.45) is 0 Å². The molecule has 0 aliphatic rings. The predicted molar refractivity (Wildman–Crippen MR) is 84.5 cm³/mol. The standard InChI is InChI=1S/C14H22FN3OS/c1-9(8-20-4)18(3)10(2)14(19)17-11-5-6-12(15)13(16)7-11/h5-7,9-10H,8,16H2,1-4H3,(H,17,19). The summed E-state index contributed by atoms with van der Waals surface area (Å²) in [6.07, 6.45) is 2.04. The highest BCUT2D eigenvalue weighted by atomic mass is 32.2. The number of benzene rings is 1. The van der Waals surface area contributed by atoms with E-state index in [-0.39, 0.29) is 17.6 Å². The number of hydrogen-bond acceptors (Lipinski definition) is 4. The molecule has 1 aromatic rings. The van der Waals surface area contributed by atoms with Crippen molar-refractivity contribution >= 4 is 29.0 Å². The number of carbonyl (C=O) groups is 1. The lowest BCUT2D eigenvalue weighted by Crippen LogP contribution is -2.45. The molecule has 4 nitrogen and oxygen atoms in total. The minimum absolute atomic E-state index is 0.0274. The number of thioether (sulfide) groups is 1. The molecule has 0 radical (unpaired) electrons. The van der Waals surface area contributed by atoms with E-state index in [0.717, 1.165) is 5.75 Å². The SMILES string of the molecule is CSCC(C)N(C)C(C)C(=O)Nc1ccc(F)c(N)c1. The molecule has 1 rings (SSSR count). The Balaban J connectivity index is 2.67. The van der Waals surface area contributed by atoms with E-state index in [4.69, 9.17) is 5.73 Å². The second-order valence-electron chi connectivity index (χ2n) is 4.87. The summed E-state index contributed by atoms with van der Waals surface area (Å²) in [6, 6.07) is 4.19. The summed E-state index contributed by atoms with van der Waals surface area (Å²) in [4.78, 5) is 14.2. The summed E-state index contributed by atoms with van der Waals surface area (Å²) in [7, 11) is 1.92. The number of likely N-dealkylation sites (N-methyl/N-ethyl adjacent to an activating group) is 1. The molecule has 20 heavy (non-hydrogen) atoms. The van der Waals surface area contributed by atoms with Gasteiger partial charge in [-0.05, 0) is 45.4 Å². The third-order valence-corrected chi connectivity index (χ3v) is 4.17. The number of rotatable bonds is 6. The lowest BCUT2D eigenvalue weighted by molar-refractivity contribution is -0.120. The van der Waals surface area contributed by atoms with E-state index in [9.17, 15) is 9.18 Å². The zero-order valence-corrected chi connectivity index (χ0v) is 13.1. The van der Waals surface area contributed by atoms with Gasteiger partial charge in [0.2, 0.25) is 5.91 Å². The van der Waals surface area contributed by atoms with E-state index in [0.29, 0.717) is 11.7 Å². The van der Waals surface area contributed by atoms with Crippen molar-refractivity contribution in [3.63, 3.8) is 0 Å². The van der Waals surface area contributed by atoms with Gasteiger partial charge in [-0.15, -0.1) is 0 Å². The van der Waals surface area contributed by atoms with Crippen LogP contribution in [0, 0.1) is 5.82 Å². The van der Waals surface area contributed by atoms with Crippen molar-refractivity contribution in [3.05, 3.63) is 24.0 Å². The number of nitrogen functional groups attached to an aromatic ring is 1. The summed E-state index contributed by atoms with van der Waals surface area (Å²) < 4.78 is 13.1. The molecule has 2 atom stereocenters. The summed E-state index contributed by atoms with van der Waals surface area (Å²) in [5.74, 6) is 0.339. The Hall–Kier alpha value is -1.27. The third-order valence-electron chi connectivity index (χ3n) is 3.36. The summed E-state index contributed by atoms with van der Waals surface area (Å²) >= 11 is 1.74. The Labute approximate surface area is 123 Å². The molecule has 2 unspecified atom stereocenters. The first-order valence-electron chi connectivity index (χ1n) is 6.43. The van der Waals surface area contributed by atoms with Crippen molar-refractivity contribution in [3.8, 4) is 0 Å². The third kappa shape index (κ3) is 4.38. The molecule has 1 amide bonds. The zero-order chi connectivity index (χ0) is 15.3. The Morgan fingerprint density at radius 1 is 1.50 bits per heavy atom. The van der Waals surface area contributed by atoms with Crippen LogP contribution in [0.15, 0.2) is 18.2 Å². The molecule has 0 aliphatic carbocycles. The van der Waals surface area contributed by atoms with Gasteiger partial charge < -0.3 is 11.1 Å². The number of nitrogens with zero attached hydrogens (tertiary/aromatic N) is 1. The second-order valence-corrected chi connectivity index (χ2v) is 5.78. The lowest BCUT2D eigenvalue weighted by Gasteiger charge is -2.29. The predicted octanol–water partition coefficient (Wildman–Crippen LogP) is 2.42. The molecule has 0 aliphatic heterocycles. The molecule has 3 N–H and O–H groups in total. The highest BCUT2D eigenvalue weighted by Gasteiger charge is 2.22. The van der Waals surface area contributed by atoms with Gasteiger partial charge in [0.15, 0.2) is 0 Å². The second kappa shape index (κ2) is 7.50. The van der Waals surface area contributed by atoms with E-state index in [1.807, 2.05) is 25.1 Å². The van der Waals surface area contributed by atoms with Gasteiger partial charge in [-0.2, -0.15) is 11.8 Å². The van der Waals surface area contributed by atoms with E-state index < -0.39 is 5.82 Å². The fraction of sp³-hybridized carbons (Fsp3) is 0.500. The number of anilines is 2. The number of nitrogens with two attached hydrogens (primary N) is 1. The van der Waals surface area contributed by atoms with Gasteiger partial charge in [0.25, 0.3) is 0 Å². The molecule has 0 saturated heterocycles. The Kier molecular flexibility index (Phi) is 6.29. The molecule has 0 saturated carbocycles. The Bertz CT molecular complexity index is 470. The monoisotopic (exact) mass is 299 g/mol. The van der Waals surface area contributed by atoms with Gasteiger partial charge in [0.1, 0.15) is 5.82 Å². The Morgan fingerprint density at radius 2 is 2.15 bits per heavy atom. The number of carbonyl (C=O) groups excluding carboxylic acids is 1. The highest BCUT2D eigenvalue weighted by molar-refractivity contribution is 7.98. The van der Waals surface area contributed by atoms with Crippen molar-refractivity contribution in [1.82, 2.24) is 4.90 Å². The van der Waals surface area contributed by atoms with Crippen LogP contribution in [0.5, 0.6) is 0 Å². The molecule has 0 fully saturated rings. The van der Waals surface area contributed by atoms with Crippen LogP contribution in [-0.4, -0.2) is 41.9 Å². The number of halogens is 1. The van der Waals surface area contributed by atoms with Crippen LogP contribution in [0.4, 0.5) is 15.8 Å². The van der Waals surface area contributed by atoms with Gasteiger partial charge in [-0.25, -0.2) is 4.39 Å². The van der Waals surface area contributed by atoms with Crippen LogP contribution in [0.1, 0.15) is 13.8 Å².